The van der Waals surface area contributed by atoms with E-state index in [2.05, 4.69) is 48.5 Å². The molecule has 2 fully saturated rings. The van der Waals surface area contributed by atoms with Crippen molar-refractivity contribution in [3.05, 3.63) is 48.5 Å². The first-order valence-corrected chi connectivity index (χ1v) is 8.07. The zero-order valence-corrected chi connectivity index (χ0v) is 12.8. The Labute approximate surface area is 139 Å². The third-order valence-corrected chi connectivity index (χ3v) is 5.10. The van der Waals surface area contributed by atoms with Crippen LogP contribution in [0.15, 0.2) is 48.5 Å². The highest BCUT2D eigenvalue weighted by atomic mass is 16.8. The molecular weight excluding hydrogens is 302 g/mol. The van der Waals surface area contributed by atoms with Gasteiger partial charge in [-0.3, -0.25) is 0 Å². The van der Waals surface area contributed by atoms with Crippen LogP contribution in [0.5, 0.6) is 0 Å². The summed E-state index contributed by atoms with van der Waals surface area (Å²) >= 11 is 0. The summed E-state index contributed by atoms with van der Waals surface area (Å²) in [6.45, 7) is 0.751. The molecule has 1 aliphatic carbocycles. The van der Waals surface area contributed by atoms with Gasteiger partial charge in [-0.05, 0) is 44.0 Å². The minimum Gasteiger partial charge on any atom is -0.385 e. The Kier molecular flexibility index (Phi) is 2.59. The molecule has 2 saturated heterocycles. The second-order valence-corrected chi connectivity index (χ2v) is 6.30. The molecule has 2 heterocycles. The highest BCUT2D eigenvalue weighted by molar-refractivity contribution is 6.66. The Morgan fingerprint density at radius 1 is 0.667 bits per heavy atom. The molecule has 0 saturated carbocycles. The number of hydrogen-bond acceptors (Lipinski definition) is 4. The van der Waals surface area contributed by atoms with Crippen molar-refractivity contribution in [2.45, 2.75) is 0 Å². The Hall–Kier alpha value is -2.11. The van der Waals surface area contributed by atoms with E-state index in [1.54, 1.807) is 0 Å². The van der Waals surface area contributed by atoms with Crippen LogP contribution in [0.4, 0.5) is 0 Å². The zero-order valence-electron chi connectivity index (χ0n) is 12.8. The molecule has 2 aliphatic heterocycles. The Bertz CT molecular complexity index is 996. The van der Waals surface area contributed by atoms with E-state index < -0.39 is 0 Å². The van der Waals surface area contributed by atoms with Crippen LogP contribution in [0.25, 0.3) is 33.0 Å². The molecule has 0 aromatic heterocycles. The van der Waals surface area contributed by atoms with Crippen molar-refractivity contribution >= 4 is 35.9 Å². The molecule has 6 heteroatoms. The van der Waals surface area contributed by atoms with E-state index in [9.17, 15) is 0 Å². The fourth-order valence-electron chi connectivity index (χ4n) is 3.89. The zero-order chi connectivity index (χ0) is 15.7. The summed E-state index contributed by atoms with van der Waals surface area (Å²) in [7, 11) is -0.476. The third-order valence-electron chi connectivity index (χ3n) is 5.10. The highest BCUT2D eigenvalue weighted by Crippen LogP contribution is 2.46. The first kappa shape index (κ1) is 13.2. The summed E-state index contributed by atoms with van der Waals surface area (Å²) in [5, 5.41) is 2.47. The highest BCUT2D eigenvalue weighted by Gasteiger charge is 2.34. The van der Waals surface area contributed by atoms with Crippen LogP contribution in [0.3, 0.4) is 0 Å². The van der Waals surface area contributed by atoms with Crippen LogP contribution in [-0.4, -0.2) is 27.8 Å². The molecule has 6 rings (SSSR count). The van der Waals surface area contributed by atoms with Crippen molar-refractivity contribution in [1.82, 2.24) is 0 Å². The summed E-state index contributed by atoms with van der Waals surface area (Å²) in [5.41, 5.74) is 7.17. The molecule has 3 aromatic carbocycles. The lowest BCUT2D eigenvalue weighted by Crippen LogP contribution is -2.46. The topological polar surface area (TPSA) is 36.9 Å². The Morgan fingerprint density at radius 2 is 1.42 bits per heavy atom. The standard InChI is InChI=1S/C18H12B2O4/c1-2-13-16-8-11(19-21-9-22-19)4-5-12(16)14-6-7-17(20-23-10-24-20)15(3-1)18(13)14/h1-8H,9-10H2. The van der Waals surface area contributed by atoms with Gasteiger partial charge in [-0.1, -0.05) is 48.5 Å². The summed E-state index contributed by atoms with van der Waals surface area (Å²) in [6.07, 6.45) is 0. The summed E-state index contributed by atoms with van der Waals surface area (Å²) in [5.74, 6) is 0. The largest absolute Gasteiger partial charge is 0.497 e. The molecule has 0 N–H and O–H groups in total. The molecule has 0 radical (unpaired) electrons. The molecule has 24 heavy (non-hydrogen) atoms. The van der Waals surface area contributed by atoms with Crippen molar-refractivity contribution in [2.75, 3.05) is 13.6 Å². The predicted molar refractivity (Wildman–Crippen MR) is 93.2 cm³/mol. The molecular formula is C18H12B2O4. The van der Waals surface area contributed by atoms with Crippen LogP contribution in [0.1, 0.15) is 0 Å². The van der Waals surface area contributed by atoms with Gasteiger partial charge in [-0.15, -0.1) is 0 Å². The summed E-state index contributed by atoms with van der Waals surface area (Å²) < 4.78 is 21.9. The van der Waals surface area contributed by atoms with Gasteiger partial charge in [0, 0.05) is 0 Å². The van der Waals surface area contributed by atoms with Gasteiger partial charge in [0.2, 0.25) is 0 Å². The van der Waals surface area contributed by atoms with Crippen molar-refractivity contribution in [3.63, 3.8) is 0 Å². The van der Waals surface area contributed by atoms with Gasteiger partial charge in [0.25, 0.3) is 0 Å². The fraction of sp³-hybridized carbons (Fsp3) is 0.111. The average molecular weight is 314 g/mol. The van der Waals surface area contributed by atoms with Crippen molar-refractivity contribution in [1.29, 1.82) is 0 Å². The summed E-state index contributed by atoms with van der Waals surface area (Å²) in [6, 6.07) is 17.2. The van der Waals surface area contributed by atoms with Crippen LogP contribution in [-0.2, 0) is 18.6 Å². The van der Waals surface area contributed by atoms with Gasteiger partial charge >= 0.3 is 14.2 Å². The van der Waals surface area contributed by atoms with E-state index in [0.717, 1.165) is 10.9 Å². The van der Waals surface area contributed by atoms with Crippen molar-refractivity contribution in [3.8, 4) is 22.3 Å². The molecule has 3 aromatic rings. The SMILES string of the molecule is c1cc2c3c(ccc(B4OCO4)c3c1)-c1ccc(B3OCO3)cc1-2. The van der Waals surface area contributed by atoms with Crippen LogP contribution < -0.4 is 10.9 Å². The lowest BCUT2D eigenvalue weighted by atomic mass is 9.74. The van der Waals surface area contributed by atoms with Gasteiger partial charge in [0.05, 0.1) is 0 Å². The minimum atomic E-state index is -0.245. The van der Waals surface area contributed by atoms with Gasteiger partial charge in [-0.2, -0.15) is 0 Å². The smallest absolute Gasteiger partial charge is 0.385 e. The fourth-order valence-corrected chi connectivity index (χ4v) is 3.89. The Morgan fingerprint density at radius 3 is 2.17 bits per heavy atom. The van der Waals surface area contributed by atoms with E-state index in [1.165, 1.54) is 33.0 Å². The lowest BCUT2D eigenvalue weighted by Gasteiger charge is -2.24. The minimum absolute atomic E-state index is 0.231. The van der Waals surface area contributed by atoms with E-state index in [0.29, 0.717) is 13.6 Å². The van der Waals surface area contributed by atoms with Gasteiger partial charge < -0.3 is 18.6 Å². The van der Waals surface area contributed by atoms with E-state index in [1.807, 2.05) is 0 Å². The predicted octanol–water partition coefficient (Wildman–Crippen LogP) is 1.89. The second-order valence-electron chi connectivity index (χ2n) is 6.30. The molecule has 3 aliphatic rings. The second kappa shape index (κ2) is 4.71. The average Bonchev–Trinajstić information content (AvgIpc) is 2.82. The maximum Gasteiger partial charge on any atom is 0.497 e. The van der Waals surface area contributed by atoms with E-state index >= 15 is 0 Å². The first-order chi connectivity index (χ1) is 11.9. The van der Waals surface area contributed by atoms with Crippen LogP contribution in [0.2, 0.25) is 0 Å². The molecule has 0 atom stereocenters. The molecule has 0 amide bonds. The van der Waals surface area contributed by atoms with Gasteiger partial charge in [0.1, 0.15) is 13.6 Å². The van der Waals surface area contributed by atoms with E-state index in [-0.39, 0.29) is 14.2 Å². The number of rotatable bonds is 2. The summed E-state index contributed by atoms with van der Waals surface area (Å²) in [4.78, 5) is 0. The third kappa shape index (κ3) is 1.63. The Balaban J connectivity index is 1.60. The van der Waals surface area contributed by atoms with Crippen LogP contribution in [0, 0.1) is 0 Å². The van der Waals surface area contributed by atoms with Gasteiger partial charge in [-0.25, -0.2) is 0 Å². The van der Waals surface area contributed by atoms with Crippen molar-refractivity contribution < 1.29 is 18.6 Å². The van der Waals surface area contributed by atoms with Crippen LogP contribution >= 0.6 is 0 Å². The van der Waals surface area contributed by atoms with E-state index in [4.69, 9.17) is 18.6 Å². The molecule has 114 valence electrons. The van der Waals surface area contributed by atoms with Gasteiger partial charge in [0.15, 0.2) is 0 Å². The molecule has 0 bridgehead atoms. The molecule has 4 nitrogen and oxygen atoms in total. The first-order valence-electron chi connectivity index (χ1n) is 8.07. The molecule has 0 spiro atoms. The monoisotopic (exact) mass is 314 g/mol. The number of benzene rings is 3. The molecule has 0 unspecified atom stereocenters. The van der Waals surface area contributed by atoms with Crippen molar-refractivity contribution in [2.24, 2.45) is 0 Å². The maximum absolute atomic E-state index is 5.52. The quantitative estimate of drug-likeness (QED) is 0.530. The number of hydrogen-bond donors (Lipinski definition) is 0. The maximum atomic E-state index is 5.52. The lowest BCUT2D eigenvalue weighted by molar-refractivity contribution is -0.00422. The normalized spacial score (nSPS) is 17.7. The number of fused-ring (bicyclic) bond motifs is 3.